The molecule has 1 atom stereocenters. The Hall–Kier alpha value is -2.86. The smallest absolute Gasteiger partial charge is 0.320 e. The number of carbonyl (C=O) groups excluding carboxylic acids is 1. The Bertz CT molecular complexity index is 762. The number of nitrogens with one attached hydrogen (secondary N) is 1. The third-order valence-electron chi connectivity index (χ3n) is 4.63. The average Bonchev–Trinajstić information content (AvgIpc) is 2.68. The van der Waals surface area contributed by atoms with Crippen LogP contribution in [-0.4, -0.2) is 41.0 Å². The van der Waals surface area contributed by atoms with Crippen LogP contribution >= 0.6 is 0 Å². The van der Waals surface area contributed by atoms with E-state index in [0.29, 0.717) is 25.3 Å². The summed E-state index contributed by atoms with van der Waals surface area (Å²) in [7, 11) is 0. The quantitative estimate of drug-likeness (QED) is 0.785. The maximum absolute atomic E-state index is 12.3. The lowest BCUT2D eigenvalue weighted by Gasteiger charge is -2.32. The van der Waals surface area contributed by atoms with Crippen molar-refractivity contribution in [2.45, 2.75) is 31.9 Å². The van der Waals surface area contributed by atoms with E-state index in [1.54, 1.807) is 29.2 Å². The van der Waals surface area contributed by atoms with E-state index in [-0.39, 0.29) is 12.5 Å². The summed E-state index contributed by atoms with van der Waals surface area (Å²) in [5.74, 6) is -0.345. The van der Waals surface area contributed by atoms with Crippen molar-refractivity contribution in [3.8, 4) is 5.75 Å². The van der Waals surface area contributed by atoms with E-state index < -0.39 is 12.0 Å². The molecule has 0 aliphatic carbocycles. The number of rotatable bonds is 7. The molecule has 1 aliphatic heterocycles. The molecule has 6 heteroatoms. The molecule has 1 aliphatic rings. The number of amides is 1. The molecule has 6 nitrogen and oxygen atoms in total. The zero-order chi connectivity index (χ0) is 19.1. The summed E-state index contributed by atoms with van der Waals surface area (Å²) in [4.78, 5) is 25.3. The van der Waals surface area contributed by atoms with Crippen LogP contribution in [0.2, 0.25) is 0 Å². The summed E-state index contributed by atoms with van der Waals surface area (Å²) in [6.45, 7) is 1.21. The molecule has 1 saturated heterocycles. The molecule has 1 heterocycles. The molecular formula is C21H24N2O4. The summed E-state index contributed by atoms with van der Waals surface area (Å²) in [5.41, 5.74) is 1.75. The van der Waals surface area contributed by atoms with Gasteiger partial charge in [-0.1, -0.05) is 36.8 Å². The number of likely N-dealkylation sites (tertiary alicyclic amines) is 1. The number of hydrogen-bond donors (Lipinski definition) is 2. The van der Waals surface area contributed by atoms with Gasteiger partial charge in [-0.3, -0.25) is 14.5 Å². The maximum atomic E-state index is 12.3. The minimum absolute atomic E-state index is 0.0865. The van der Waals surface area contributed by atoms with Gasteiger partial charge in [0, 0.05) is 5.69 Å². The van der Waals surface area contributed by atoms with Crippen molar-refractivity contribution in [1.82, 2.24) is 4.90 Å². The minimum Gasteiger partial charge on any atom is -0.489 e. The van der Waals surface area contributed by atoms with Crippen LogP contribution in [0.4, 0.5) is 5.69 Å². The maximum Gasteiger partial charge on any atom is 0.320 e. The van der Waals surface area contributed by atoms with Crippen molar-refractivity contribution in [3.63, 3.8) is 0 Å². The fourth-order valence-corrected chi connectivity index (χ4v) is 3.22. The Morgan fingerprint density at radius 2 is 1.81 bits per heavy atom. The zero-order valence-corrected chi connectivity index (χ0v) is 15.1. The highest BCUT2D eigenvalue weighted by Gasteiger charge is 2.29. The molecule has 2 aromatic rings. The standard InChI is InChI=1S/C21H24N2O4/c24-20(14-23-13-5-4-8-19(23)21(25)26)22-17-9-11-18(12-10-17)27-15-16-6-2-1-3-7-16/h1-3,6-7,9-12,19H,4-5,8,13-15H2,(H,22,24)(H,25,26). The molecule has 1 unspecified atom stereocenters. The predicted octanol–water partition coefficient (Wildman–Crippen LogP) is 3.14. The molecule has 1 amide bonds. The zero-order valence-electron chi connectivity index (χ0n) is 15.1. The Morgan fingerprint density at radius 3 is 2.52 bits per heavy atom. The van der Waals surface area contributed by atoms with Crippen LogP contribution in [0, 0.1) is 0 Å². The molecule has 2 aromatic carbocycles. The van der Waals surface area contributed by atoms with Crippen molar-refractivity contribution in [2.24, 2.45) is 0 Å². The van der Waals surface area contributed by atoms with E-state index in [0.717, 1.165) is 24.2 Å². The van der Waals surface area contributed by atoms with Crippen LogP contribution in [0.25, 0.3) is 0 Å². The van der Waals surface area contributed by atoms with Crippen molar-refractivity contribution >= 4 is 17.6 Å². The van der Waals surface area contributed by atoms with E-state index in [1.807, 2.05) is 30.3 Å². The molecule has 27 heavy (non-hydrogen) atoms. The van der Waals surface area contributed by atoms with Gasteiger partial charge in [0.2, 0.25) is 5.91 Å². The molecule has 0 aromatic heterocycles. The van der Waals surface area contributed by atoms with E-state index in [2.05, 4.69) is 5.32 Å². The fourth-order valence-electron chi connectivity index (χ4n) is 3.22. The van der Waals surface area contributed by atoms with Crippen LogP contribution in [-0.2, 0) is 16.2 Å². The van der Waals surface area contributed by atoms with Gasteiger partial charge < -0.3 is 15.2 Å². The first kappa shape index (κ1) is 18.9. The average molecular weight is 368 g/mol. The number of piperidine rings is 1. The second-order valence-electron chi connectivity index (χ2n) is 6.67. The van der Waals surface area contributed by atoms with Crippen LogP contribution in [0.5, 0.6) is 5.75 Å². The molecule has 3 rings (SSSR count). The Morgan fingerprint density at radius 1 is 1.07 bits per heavy atom. The number of carboxylic acids is 1. The van der Waals surface area contributed by atoms with Gasteiger partial charge >= 0.3 is 5.97 Å². The number of anilines is 1. The second kappa shape index (κ2) is 9.19. The Balaban J connectivity index is 1.50. The van der Waals surface area contributed by atoms with Crippen molar-refractivity contribution in [2.75, 3.05) is 18.4 Å². The monoisotopic (exact) mass is 368 g/mol. The Kier molecular flexibility index (Phi) is 6.44. The van der Waals surface area contributed by atoms with Crippen LogP contribution in [0.3, 0.4) is 0 Å². The number of hydrogen-bond acceptors (Lipinski definition) is 4. The summed E-state index contributed by atoms with van der Waals surface area (Å²) >= 11 is 0. The van der Waals surface area contributed by atoms with Crippen LogP contribution in [0.1, 0.15) is 24.8 Å². The van der Waals surface area contributed by atoms with E-state index in [9.17, 15) is 14.7 Å². The van der Waals surface area contributed by atoms with Gasteiger partial charge in [-0.25, -0.2) is 0 Å². The van der Waals surface area contributed by atoms with Gasteiger partial charge in [0.1, 0.15) is 18.4 Å². The summed E-state index contributed by atoms with van der Waals surface area (Å²) in [6.07, 6.45) is 2.40. The Labute approximate surface area is 158 Å². The summed E-state index contributed by atoms with van der Waals surface area (Å²) < 4.78 is 5.73. The molecule has 0 saturated carbocycles. The van der Waals surface area contributed by atoms with E-state index in [1.165, 1.54) is 0 Å². The van der Waals surface area contributed by atoms with Gasteiger partial charge in [-0.05, 0) is 49.2 Å². The molecule has 2 N–H and O–H groups in total. The van der Waals surface area contributed by atoms with Gasteiger partial charge in [-0.15, -0.1) is 0 Å². The number of carboxylic acid groups (broad SMARTS) is 1. The fraction of sp³-hybridized carbons (Fsp3) is 0.333. The highest BCUT2D eigenvalue weighted by molar-refractivity contribution is 5.92. The second-order valence-corrected chi connectivity index (χ2v) is 6.67. The van der Waals surface area contributed by atoms with E-state index >= 15 is 0 Å². The molecule has 0 spiro atoms. The first-order chi connectivity index (χ1) is 13.1. The number of carbonyl (C=O) groups is 2. The topological polar surface area (TPSA) is 78.9 Å². The molecule has 1 fully saturated rings. The summed E-state index contributed by atoms with van der Waals surface area (Å²) in [6, 6.07) is 16.5. The lowest BCUT2D eigenvalue weighted by atomic mass is 10.0. The number of aliphatic carboxylic acids is 1. The number of benzene rings is 2. The van der Waals surface area contributed by atoms with Crippen molar-refractivity contribution in [1.29, 1.82) is 0 Å². The van der Waals surface area contributed by atoms with Gasteiger partial charge in [0.15, 0.2) is 0 Å². The molecule has 0 radical (unpaired) electrons. The highest BCUT2D eigenvalue weighted by atomic mass is 16.5. The highest BCUT2D eigenvalue weighted by Crippen LogP contribution is 2.19. The lowest BCUT2D eigenvalue weighted by molar-refractivity contribution is -0.145. The van der Waals surface area contributed by atoms with Gasteiger partial charge in [-0.2, -0.15) is 0 Å². The molecular weight excluding hydrogens is 344 g/mol. The predicted molar refractivity (Wildman–Crippen MR) is 103 cm³/mol. The summed E-state index contributed by atoms with van der Waals surface area (Å²) in [5, 5.41) is 12.1. The molecule has 0 bridgehead atoms. The first-order valence-electron chi connectivity index (χ1n) is 9.15. The number of nitrogens with zero attached hydrogens (tertiary/aromatic N) is 1. The van der Waals surface area contributed by atoms with Crippen molar-refractivity contribution < 1.29 is 19.4 Å². The van der Waals surface area contributed by atoms with Crippen molar-refractivity contribution in [3.05, 3.63) is 60.2 Å². The van der Waals surface area contributed by atoms with Gasteiger partial charge in [0.25, 0.3) is 0 Å². The SMILES string of the molecule is O=C(CN1CCCCC1C(=O)O)Nc1ccc(OCc2ccccc2)cc1. The third kappa shape index (κ3) is 5.56. The lowest BCUT2D eigenvalue weighted by Crippen LogP contribution is -2.47. The minimum atomic E-state index is -0.859. The normalized spacial score (nSPS) is 17.3. The van der Waals surface area contributed by atoms with E-state index in [4.69, 9.17) is 4.74 Å². The van der Waals surface area contributed by atoms with Gasteiger partial charge in [0.05, 0.1) is 6.54 Å². The third-order valence-corrected chi connectivity index (χ3v) is 4.63. The van der Waals surface area contributed by atoms with Crippen LogP contribution in [0.15, 0.2) is 54.6 Å². The number of ether oxygens (including phenoxy) is 1. The first-order valence-corrected chi connectivity index (χ1v) is 9.15. The largest absolute Gasteiger partial charge is 0.489 e. The molecule has 142 valence electrons. The van der Waals surface area contributed by atoms with Crippen LogP contribution < -0.4 is 10.1 Å².